The van der Waals surface area contributed by atoms with Crippen LogP contribution in [0.4, 0.5) is 0 Å². The number of nitrogens with zero attached hydrogens (tertiary/aromatic N) is 1. The molecule has 0 unspecified atom stereocenters. The molecule has 75 valence electrons. The van der Waals surface area contributed by atoms with Gasteiger partial charge < -0.3 is 0 Å². The lowest BCUT2D eigenvalue weighted by molar-refractivity contribution is 0.190. The van der Waals surface area contributed by atoms with Crippen molar-refractivity contribution < 1.29 is 0 Å². The van der Waals surface area contributed by atoms with Crippen LogP contribution in [0.3, 0.4) is 0 Å². The highest BCUT2D eigenvalue weighted by Crippen LogP contribution is 2.41. The Hall–Kier alpha value is -0.0400. The van der Waals surface area contributed by atoms with Crippen molar-refractivity contribution in [1.29, 1.82) is 0 Å². The van der Waals surface area contributed by atoms with Gasteiger partial charge in [-0.1, -0.05) is 19.8 Å². The first kappa shape index (κ1) is 9.51. The first-order valence-electron chi connectivity index (χ1n) is 5.89. The topological polar surface area (TPSA) is 3.24 Å². The second kappa shape index (κ2) is 4.00. The molecule has 1 heteroatoms. The predicted octanol–water partition coefficient (Wildman–Crippen LogP) is 3.01. The van der Waals surface area contributed by atoms with Crippen LogP contribution in [0.15, 0.2) is 0 Å². The standard InChI is InChI=1S/C12H22N/c1-3-4-5-10-6-7-11-8-9-12(10)13(11)2/h11-12H,3-9H2,1-2H3/t11-,12-/m1/s1. The van der Waals surface area contributed by atoms with Gasteiger partial charge in [-0.25, -0.2) is 0 Å². The smallest absolute Gasteiger partial charge is 0.0158 e. The van der Waals surface area contributed by atoms with Crippen molar-refractivity contribution in [2.45, 2.75) is 64.0 Å². The lowest BCUT2D eigenvalue weighted by Crippen LogP contribution is -2.40. The minimum absolute atomic E-state index is 0.866. The fraction of sp³-hybridized carbons (Fsp3) is 0.917. The van der Waals surface area contributed by atoms with E-state index in [1.165, 1.54) is 44.9 Å². The van der Waals surface area contributed by atoms with Gasteiger partial charge in [0.1, 0.15) is 0 Å². The molecule has 2 atom stereocenters. The van der Waals surface area contributed by atoms with Gasteiger partial charge in [-0.15, -0.1) is 0 Å². The molecule has 2 fully saturated rings. The van der Waals surface area contributed by atoms with E-state index >= 15 is 0 Å². The summed E-state index contributed by atoms with van der Waals surface area (Å²) in [4.78, 5) is 2.63. The Morgan fingerprint density at radius 2 is 2.15 bits per heavy atom. The number of fused-ring (bicyclic) bond motifs is 2. The third-order valence-electron chi connectivity index (χ3n) is 3.96. The average molecular weight is 180 g/mol. The highest BCUT2D eigenvalue weighted by Gasteiger charge is 2.39. The molecule has 0 aromatic heterocycles. The summed E-state index contributed by atoms with van der Waals surface area (Å²) in [5.41, 5.74) is 0. The molecule has 2 aliphatic heterocycles. The van der Waals surface area contributed by atoms with Crippen LogP contribution in [-0.2, 0) is 0 Å². The number of rotatable bonds is 3. The molecule has 2 rings (SSSR count). The number of piperidine rings is 1. The SMILES string of the molecule is CCCC[C]1CC[C@@H]2CC[C@H]1N2C. The van der Waals surface area contributed by atoms with Gasteiger partial charge in [-0.05, 0) is 45.1 Å². The molecule has 13 heavy (non-hydrogen) atoms. The molecular formula is C12H22N. The highest BCUT2D eigenvalue weighted by molar-refractivity contribution is 5.10. The van der Waals surface area contributed by atoms with E-state index in [4.69, 9.17) is 0 Å². The summed E-state index contributed by atoms with van der Waals surface area (Å²) in [7, 11) is 2.33. The molecule has 2 saturated heterocycles. The van der Waals surface area contributed by atoms with Gasteiger partial charge >= 0.3 is 0 Å². The van der Waals surface area contributed by atoms with E-state index < -0.39 is 0 Å². The van der Waals surface area contributed by atoms with Crippen LogP contribution in [0, 0.1) is 5.92 Å². The lowest BCUT2D eigenvalue weighted by atomic mass is 9.86. The molecule has 1 radical (unpaired) electrons. The van der Waals surface area contributed by atoms with Crippen molar-refractivity contribution in [3.05, 3.63) is 5.92 Å². The normalized spacial score (nSPS) is 35.5. The van der Waals surface area contributed by atoms with Crippen molar-refractivity contribution in [1.82, 2.24) is 4.90 Å². The molecular weight excluding hydrogens is 158 g/mol. The van der Waals surface area contributed by atoms with E-state index in [-0.39, 0.29) is 0 Å². The summed E-state index contributed by atoms with van der Waals surface area (Å²) in [5, 5.41) is 0. The second-order valence-corrected chi connectivity index (χ2v) is 4.71. The number of unbranched alkanes of at least 4 members (excludes halogenated alkanes) is 1. The van der Waals surface area contributed by atoms with Crippen LogP contribution in [0.5, 0.6) is 0 Å². The minimum Gasteiger partial charge on any atom is -0.300 e. The first-order valence-corrected chi connectivity index (χ1v) is 5.89. The van der Waals surface area contributed by atoms with Crippen molar-refractivity contribution in [2.75, 3.05) is 7.05 Å². The van der Waals surface area contributed by atoms with E-state index in [0.717, 1.165) is 12.1 Å². The van der Waals surface area contributed by atoms with Gasteiger partial charge in [0, 0.05) is 12.1 Å². The minimum atomic E-state index is 0.866. The van der Waals surface area contributed by atoms with E-state index in [1.54, 1.807) is 0 Å². The third kappa shape index (κ3) is 1.76. The zero-order chi connectivity index (χ0) is 9.26. The monoisotopic (exact) mass is 180 g/mol. The predicted molar refractivity (Wildman–Crippen MR) is 56.6 cm³/mol. The van der Waals surface area contributed by atoms with Gasteiger partial charge in [-0.2, -0.15) is 0 Å². The molecule has 0 aliphatic carbocycles. The van der Waals surface area contributed by atoms with Crippen molar-refractivity contribution >= 4 is 0 Å². The summed E-state index contributed by atoms with van der Waals surface area (Å²) in [6.45, 7) is 2.30. The van der Waals surface area contributed by atoms with Crippen LogP contribution in [0.1, 0.15) is 51.9 Å². The largest absolute Gasteiger partial charge is 0.300 e. The van der Waals surface area contributed by atoms with Gasteiger partial charge in [0.05, 0.1) is 0 Å². The van der Waals surface area contributed by atoms with Crippen molar-refractivity contribution in [2.24, 2.45) is 0 Å². The Balaban J connectivity index is 1.90. The van der Waals surface area contributed by atoms with Gasteiger partial charge in [0.25, 0.3) is 0 Å². The fourth-order valence-electron chi connectivity index (χ4n) is 3.07. The van der Waals surface area contributed by atoms with E-state index in [9.17, 15) is 0 Å². The van der Waals surface area contributed by atoms with E-state index in [1.807, 2.05) is 5.92 Å². The Morgan fingerprint density at radius 1 is 1.31 bits per heavy atom. The molecule has 0 spiro atoms. The maximum absolute atomic E-state index is 2.63. The Kier molecular flexibility index (Phi) is 2.92. The quantitative estimate of drug-likeness (QED) is 0.645. The molecule has 0 amide bonds. The third-order valence-corrected chi connectivity index (χ3v) is 3.96. The lowest BCUT2D eigenvalue weighted by Gasteiger charge is -2.37. The van der Waals surface area contributed by atoms with Crippen molar-refractivity contribution in [3.8, 4) is 0 Å². The Bertz CT molecular complexity index is 167. The Morgan fingerprint density at radius 3 is 2.92 bits per heavy atom. The highest BCUT2D eigenvalue weighted by atomic mass is 15.2. The zero-order valence-corrected chi connectivity index (χ0v) is 9.05. The second-order valence-electron chi connectivity index (χ2n) is 4.71. The maximum Gasteiger partial charge on any atom is 0.0158 e. The molecule has 2 heterocycles. The van der Waals surface area contributed by atoms with Gasteiger partial charge in [0.2, 0.25) is 0 Å². The van der Waals surface area contributed by atoms with E-state index in [0.29, 0.717) is 0 Å². The van der Waals surface area contributed by atoms with E-state index in [2.05, 4.69) is 18.9 Å². The van der Waals surface area contributed by atoms with Crippen molar-refractivity contribution in [3.63, 3.8) is 0 Å². The van der Waals surface area contributed by atoms with Gasteiger partial charge in [0.15, 0.2) is 0 Å². The summed E-state index contributed by atoms with van der Waals surface area (Å²) in [6, 6.07) is 1.79. The average Bonchev–Trinajstić information content (AvgIpc) is 2.38. The molecule has 0 aromatic carbocycles. The summed E-state index contributed by atoms with van der Waals surface area (Å²) < 4.78 is 0. The van der Waals surface area contributed by atoms with Crippen LogP contribution < -0.4 is 0 Å². The first-order chi connectivity index (χ1) is 6.33. The summed E-state index contributed by atoms with van der Waals surface area (Å²) in [5.74, 6) is 1.86. The summed E-state index contributed by atoms with van der Waals surface area (Å²) in [6.07, 6.45) is 9.93. The molecule has 0 saturated carbocycles. The van der Waals surface area contributed by atoms with Gasteiger partial charge in [-0.3, -0.25) is 4.90 Å². The van der Waals surface area contributed by atoms with Crippen LogP contribution in [-0.4, -0.2) is 24.0 Å². The molecule has 2 bridgehead atoms. The number of hydrogen-bond acceptors (Lipinski definition) is 1. The number of hydrogen-bond donors (Lipinski definition) is 0. The maximum atomic E-state index is 2.63. The zero-order valence-electron chi connectivity index (χ0n) is 9.05. The molecule has 0 aromatic rings. The van der Waals surface area contributed by atoms with Crippen LogP contribution in [0.25, 0.3) is 0 Å². The fourth-order valence-corrected chi connectivity index (χ4v) is 3.07. The van der Waals surface area contributed by atoms with Crippen LogP contribution in [0.2, 0.25) is 0 Å². The van der Waals surface area contributed by atoms with Crippen LogP contribution >= 0.6 is 0 Å². The molecule has 2 aliphatic rings. The molecule has 1 nitrogen and oxygen atoms in total. The summed E-state index contributed by atoms with van der Waals surface area (Å²) >= 11 is 0. The Labute approximate surface area is 82.5 Å². The molecule has 0 N–H and O–H groups in total.